The number of unbranched alkanes of at least 4 members (excludes halogenated alkanes) is 2. The summed E-state index contributed by atoms with van der Waals surface area (Å²) in [5, 5.41) is 13.9. The van der Waals surface area contributed by atoms with Crippen molar-refractivity contribution in [3.63, 3.8) is 0 Å². The van der Waals surface area contributed by atoms with Crippen LogP contribution in [-0.2, 0) is 13.1 Å². The SMILES string of the molecule is CCCCn1ccnc1C.CCCCn1ccnc1C.O=C(O)O. The minimum Gasteiger partial charge on any atom is -0.450 e. The van der Waals surface area contributed by atoms with Crippen LogP contribution >= 0.6 is 0 Å². The summed E-state index contributed by atoms with van der Waals surface area (Å²) in [5.74, 6) is 2.24. The molecule has 2 heterocycles. The fourth-order valence-corrected chi connectivity index (χ4v) is 1.94. The van der Waals surface area contributed by atoms with Gasteiger partial charge in [-0.25, -0.2) is 14.8 Å². The summed E-state index contributed by atoms with van der Waals surface area (Å²) < 4.78 is 4.37. The Morgan fingerprint density at radius 2 is 1.25 bits per heavy atom. The lowest BCUT2D eigenvalue weighted by molar-refractivity contribution is 0.137. The lowest BCUT2D eigenvalue weighted by atomic mass is 10.3. The van der Waals surface area contributed by atoms with Crippen molar-refractivity contribution in [3.8, 4) is 0 Å². The van der Waals surface area contributed by atoms with Crippen molar-refractivity contribution < 1.29 is 15.0 Å². The van der Waals surface area contributed by atoms with E-state index in [0.29, 0.717) is 0 Å². The lowest BCUT2D eigenvalue weighted by Gasteiger charge is -2.01. The number of carboxylic acid groups (broad SMARTS) is 2. The molecule has 24 heavy (non-hydrogen) atoms. The van der Waals surface area contributed by atoms with Crippen molar-refractivity contribution in [1.82, 2.24) is 19.1 Å². The molecule has 2 aromatic heterocycles. The van der Waals surface area contributed by atoms with Gasteiger partial charge in [0.2, 0.25) is 0 Å². The molecule has 0 aliphatic heterocycles. The molecular weight excluding hydrogens is 308 g/mol. The molecule has 2 N–H and O–H groups in total. The molecule has 7 nitrogen and oxygen atoms in total. The molecule has 0 radical (unpaired) electrons. The van der Waals surface area contributed by atoms with Crippen LogP contribution in [0, 0.1) is 13.8 Å². The second kappa shape index (κ2) is 13.2. The number of hydrogen-bond acceptors (Lipinski definition) is 3. The molecule has 0 aliphatic rings. The standard InChI is InChI=1S/2C8H14N2.CH2O3/c2*1-3-4-6-10-7-5-9-8(10)2;2-1(3)4/h2*5,7H,3-4,6H2,1-2H3;(H2,2,3,4). The van der Waals surface area contributed by atoms with Gasteiger partial charge in [-0.05, 0) is 26.7 Å². The topological polar surface area (TPSA) is 93.2 Å². The minimum atomic E-state index is -1.83. The summed E-state index contributed by atoms with van der Waals surface area (Å²) in [6, 6.07) is 0. The molecule has 0 fully saturated rings. The molecule has 0 bridgehead atoms. The van der Waals surface area contributed by atoms with E-state index in [9.17, 15) is 0 Å². The van der Waals surface area contributed by atoms with Crippen LogP contribution in [0.4, 0.5) is 4.79 Å². The molecule has 0 unspecified atom stereocenters. The van der Waals surface area contributed by atoms with Crippen molar-refractivity contribution in [3.05, 3.63) is 36.4 Å². The Balaban J connectivity index is 0.000000363. The van der Waals surface area contributed by atoms with Gasteiger partial charge in [-0.2, -0.15) is 0 Å². The Hall–Kier alpha value is -2.31. The zero-order valence-corrected chi connectivity index (χ0v) is 15.1. The second-order valence-corrected chi connectivity index (χ2v) is 5.33. The third-order valence-corrected chi connectivity index (χ3v) is 3.35. The van der Waals surface area contributed by atoms with Gasteiger partial charge >= 0.3 is 6.16 Å². The van der Waals surface area contributed by atoms with E-state index in [2.05, 4.69) is 32.9 Å². The molecule has 2 aromatic rings. The summed E-state index contributed by atoms with van der Waals surface area (Å²) in [6.07, 6.45) is 10.9. The summed E-state index contributed by atoms with van der Waals surface area (Å²) >= 11 is 0. The first-order chi connectivity index (χ1) is 11.4. The van der Waals surface area contributed by atoms with E-state index in [1.54, 1.807) is 0 Å². The zero-order valence-electron chi connectivity index (χ0n) is 15.1. The van der Waals surface area contributed by atoms with Crippen LogP contribution in [0.1, 0.15) is 51.2 Å². The number of nitrogens with zero attached hydrogens (tertiary/aromatic N) is 4. The van der Waals surface area contributed by atoms with Crippen molar-refractivity contribution in [2.45, 2.75) is 66.5 Å². The van der Waals surface area contributed by atoms with Crippen LogP contribution in [0.15, 0.2) is 24.8 Å². The van der Waals surface area contributed by atoms with E-state index >= 15 is 0 Å². The van der Waals surface area contributed by atoms with Gasteiger partial charge in [-0.15, -0.1) is 0 Å². The van der Waals surface area contributed by atoms with Crippen LogP contribution < -0.4 is 0 Å². The maximum atomic E-state index is 8.56. The molecule has 7 heteroatoms. The highest BCUT2D eigenvalue weighted by atomic mass is 16.6. The van der Waals surface area contributed by atoms with Crippen LogP contribution in [0.25, 0.3) is 0 Å². The number of imidazole rings is 2. The average molecular weight is 338 g/mol. The molecule has 0 aliphatic carbocycles. The van der Waals surface area contributed by atoms with E-state index < -0.39 is 6.16 Å². The molecule has 2 rings (SSSR count). The van der Waals surface area contributed by atoms with Gasteiger partial charge < -0.3 is 19.3 Å². The zero-order chi connectivity index (χ0) is 18.4. The quantitative estimate of drug-likeness (QED) is 0.823. The van der Waals surface area contributed by atoms with Gasteiger partial charge in [-0.3, -0.25) is 0 Å². The maximum Gasteiger partial charge on any atom is 0.503 e. The third kappa shape index (κ3) is 10.4. The molecule has 0 spiro atoms. The van der Waals surface area contributed by atoms with E-state index in [0.717, 1.165) is 24.7 Å². The van der Waals surface area contributed by atoms with E-state index in [1.165, 1.54) is 25.7 Å². The summed E-state index contributed by atoms with van der Waals surface area (Å²) in [7, 11) is 0. The summed E-state index contributed by atoms with van der Waals surface area (Å²) in [5.41, 5.74) is 0. The van der Waals surface area contributed by atoms with Crippen LogP contribution in [0.5, 0.6) is 0 Å². The lowest BCUT2D eigenvalue weighted by Crippen LogP contribution is -1.97. The normalized spacial score (nSPS) is 9.50. The summed E-state index contributed by atoms with van der Waals surface area (Å²) in [4.78, 5) is 16.8. The van der Waals surface area contributed by atoms with Crippen molar-refractivity contribution >= 4 is 6.16 Å². The van der Waals surface area contributed by atoms with E-state index in [-0.39, 0.29) is 0 Å². The molecule has 0 atom stereocenters. The van der Waals surface area contributed by atoms with E-state index in [4.69, 9.17) is 15.0 Å². The van der Waals surface area contributed by atoms with Gasteiger partial charge in [-0.1, -0.05) is 26.7 Å². The van der Waals surface area contributed by atoms with Crippen LogP contribution in [0.2, 0.25) is 0 Å². The first-order valence-corrected chi connectivity index (χ1v) is 8.29. The predicted molar refractivity (Wildman–Crippen MR) is 94.4 cm³/mol. The Morgan fingerprint density at radius 1 is 0.917 bits per heavy atom. The molecule has 0 aromatic carbocycles. The van der Waals surface area contributed by atoms with Gasteiger partial charge in [0.15, 0.2) is 0 Å². The molecule has 0 amide bonds. The first-order valence-electron chi connectivity index (χ1n) is 8.29. The monoisotopic (exact) mass is 338 g/mol. The molecule has 136 valence electrons. The van der Waals surface area contributed by atoms with Crippen molar-refractivity contribution in [2.24, 2.45) is 0 Å². The largest absolute Gasteiger partial charge is 0.503 e. The minimum absolute atomic E-state index is 1.11. The first kappa shape index (κ1) is 21.7. The average Bonchev–Trinajstić information content (AvgIpc) is 3.11. The number of carbonyl (C=O) groups is 1. The summed E-state index contributed by atoms with van der Waals surface area (Å²) in [6.45, 7) is 10.7. The van der Waals surface area contributed by atoms with Gasteiger partial charge in [0.25, 0.3) is 0 Å². The fraction of sp³-hybridized carbons (Fsp3) is 0.588. The number of rotatable bonds is 6. The highest BCUT2D eigenvalue weighted by molar-refractivity contribution is 5.53. The van der Waals surface area contributed by atoms with Gasteiger partial charge in [0.05, 0.1) is 0 Å². The molecule has 0 saturated carbocycles. The van der Waals surface area contributed by atoms with Crippen molar-refractivity contribution in [1.29, 1.82) is 0 Å². The Morgan fingerprint density at radius 3 is 1.46 bits per heavy atom. The van der Waals surface area contributed by atoms with Gasteiger partial charge in [0, 0.05) is 37.9 Å². The maximum absolute atomic E-state index is 8.56. The number of hydrogen-bond donors (Lipinski definition) is 2. The smallest absolute Gasteiger partial charge is 0.450 e. The van der Waals surface area contributed by atoms with E-state index in [1.807, 2.05) is 38.6 Å². The van der Waals surface area contributed by atoms with Crippen molar-refractivity contribution in [2.75, 3.05) is 0 Å². The fourth-order valence-electron chi connectivity index (χ4n) is 1.94. The predicted octanol–water partition coefficient (Wildman–Crippen LogP) is 4.21. The number of aryl methyl sites for hydroxylation is 4. The van der Waals surface area contributed by atoms with Crippen LogP contribution in [-0.4, -0.2) is 35.5 Å². The number of aromatic nitrogens is 4. The molecule has 0 saturated heterocycles. The highest BCUT2D eigenvalue weighted by Gasteiger charge is 1.93. The van der Waals surface area contributed by atoms with Gasteiger partial charge in [0.1, 0.15) is 11.6 Å². The Bertz CT molecular complexity index is 515. The molecular formula is C17H30N4O3. The third-order valence-electron chi connectivity index (χ3n) is 3.35. The Kier molecular flexibility index (Phi) is 11.9. The second-order valence-electron chi connectivity index (χ2n) is 5.33. The Labute approximate surface area is 144 Å². The van der Waals surface area contributed by atoms with Crippen LogP contribution in [0.3, 0.4) is 0 Å². The highest BCUT2D eigenvalue weighted by Crippen LogP contribution is 1.99.